The zero-order valence-corrected chi connectivity index (χ0v) is 22.1. The molecule has 2 amide bonds. The summed E-state index contributed by atoms with van der Waals surface area (Å²) in [5, 5.41) is 3.88. The molecule has 0 radical (unpaired) electrons. The molecule has 6 heteroatoms. The van der Waals surface area contributed by atoms with E-state index in [0.29, 0.717) is 17.2 Å². The average Bonchev–Trinajstić information content (AvgIpc) is 2.92. The zero-order chi connectivity index (χ0) is 26.0. The third-order valence-corrected chi connectivity index (χ3v) is 7.19. The number of rotatable bonds is 10. The summed E-state index contributed by atoms with van der Waals surface area (Å²) in [7, 11) is 0. The highest BCUT2D eigenvalue weighted by Gasteiger charge is 2.32. The SMILES string of the molecule is Cc1ccccc1OCC(=O)N(Cc1ccc(Cl)cc1)[C@@H](Cc1ccccc1)C(=O)NC1CCCCC1. The van der Waals surface area contributed by atoms with Crippen LogP contribution in [-0.2, 0) is 22.6 Å². The third kappa shape index (κ3) is 7.83. The van der Waals surface area contributed by atoms with Crippen molar-refractivity contribution in [2.75, 3.05) is 6.61 Å². The van der Waals surface area contributed by atoms with Crippen LogP contribution in [0.4, 0.5) is 0 Å². The van der Waals surface area contributed by atoms with Crippen molar-refractivity contribution in [3.63, 3.8) is 0 Å². The Hall–Kier alpha value is -3.31. The van der Waals surface area contributed by atoms with Crippen LogP contribution >= 0.6 is 11.6 Å². The monoisotopic (exact) mass is 518 g/mol. The molecule has 0 bridgehead atoms. The first kappa shape index (κ1) is 26.7. The Kier molecular flexibility index (Phi) is 9.61. The molecule has 0 heterocycles. The van der Waals surface area contributed by atoms with Crippen LogP contribution in [0.15, 0.2) is 78.9 Å². The number of amides is 2. The van der Waals surface area contributed by atoms with Crippen LogP contribution in [0.3, 0.4) is 0 Å². The van der Waals surface area contributed by atoms with Gasteiger partial charge >= 0.3 is 0 Å². The fourth-order valence-electron chi connectivity index (χ4n) is 4.83. The third-order valence-electron chi connectivity index (χ3n) is 6.93. The fourth-order valence-corrected chi connectivity index (χ4v) is 4.95. The first-order valence-electron chi connectivity index (χ1n) is 13.1. The number of ether oxygens (including phenoxy) is 1. The van der Waals surface area contributed by atoms with Crippen molar-refractivity contribution in [2.24, 2.45) is 0 Å². The first-order valence-corrected chi connectivity index (χ1v) is 13.4. The molecule has 1 fully saturated rings. The Morgan fingerprint density at radius 2 is 1.59 bits per heavy atom. The minimum Gasteiger partial charge on any atom is -0.484 e. The largest absolute Gasteiger partial charge is 0.484 e. The van der Waals surface area contributed by atoms with Crippen LogP contribution in [0, 0.1) is 6.92 Å². The quantitative estimate of drug-likeness (QED) is 0.352. The molecule has 0 spiro atoms. The Morgan fingerprint density at radius 3 is 2.30 bits per heavy atom. The lowest BCUT2D eigenvalue weighted by Gasteiger charge is -2.33. The van der Waals surface area contributed by atoms with E-state index >= 15 is 0 Å². The molecule has 1 aliphatic rings. The smallest absolute Gasteiger partial charge is 0.261 e. The number of aryl methyl sites for hydroxylation is 1. The van der Waals surface area contributed by atoms with Gasteiger partial charge in [-0.2, -0.15) is 0 Å². The van der Waals surface area contributed by atoms with E-state index in [4.69, 9.17) is 16.3 Å². The molecule has 5 nitrogen and oxygen atoms in total. The van der Waals surface area contributed by atoms with Gasteiger partial charge in [0.2, 0.25) is 5.91 Å². The van der Waals surface area contributed by atoms with Crippen LogP contribution in [-0.4, -0.2) is 35.4 Å². The van der Waals surface area contributed by atoms with Gasteiger partial charge < -0.3 is 15.0 Å². The van der Waals surface area contributed by atoms with E-state index in [0.717, 1.165) is 42.4 Å². The lowest BCUT2D eigenvalue weighted by atomic mass is 9.94. The van der Waals surface area contributed by atoms with Gasteiger partial charge in [-0.25, -0.2) is 0 Å². The molecule has 0 aromatic heterocycles. The van der Waals surface area contributed by atoms with Gasteiger partial charge in [-0.3, -0.25) is 9.59 Å². The van der Waals surface area contributed by atoms with E-state index in [1.807, 2.05) is 73.7 Å². The van der Waals surface area contributed by atoms with E-state index in [1.165, 1.54) is 6.42 Å². The number of nitrogens with zero attached hydrogens (tertiary/aromatic N) is 1. The van der Waals surface area contributed by atoms with Gasteiger partial charge in [0.05, 0.1) is 0 Å². The lowest BCUT2D eigenvalue weighted by molar-refractivity contribution is -0.143. The average molecular weight is 519 g/mol. The summed E-state index contributed by atoms with van der Waals surface area (Å²) in [6.07, 6.45) is 5.81. The van der Waals surface area contributed by atoms with Gasteiger partial charge in [-0.05, 0) is 54.7 Å². The van der Waals surface area contributed by atoms with Crippen molar-refractivity contribution >= 4 is 23.4 Å². The minimum atomic E-state index is -0.673. The maximum absolute atomic E-state index is 13.8. The molecular formula is C31H35ClN2O3. The zero-order valence-electron chi connectivity index (χ0n) is 21.4. The number of nitrogens with one attached hydrogen (secondary N) is 1. The van der Waals surface area contributed by atoms with Gasteiger partial charge in [0, 0.05) is 24.0 Å². The van der Waals surface area contributed by atoms with Crippen molar-refractivity contribution in [1.29, 1.82) is 0 Å². The van der Waals surface area contributed by atoms with Crippen LogP contribution in [0.2, 0.25) is 5.02 Å². The summed E-state index contributed by atoms with van der Waals surface area (Å²) in [5.74, 6) is 0.306. The van der Waals surface area contributed by atoms with Crippen molar-refractivity contribution in [2.45, 2.75) is 64.1 Å². The molecule has 1 aliphatic carbocycles. The summed E-state index contributed by atoms with van der Waals surface area (Å²) in [6.45, 7) is 2.07. The number of carbonyl (C=O) groups excluding carboxylic acids is 2. The Labute approximate surface area is 224 Å². The molecular weight excluding hydrogens is 484 g/mol. The van der Waals surface area contributed by atoms with Crippen LogP contribution in [0.1, 0.15) is 48.8 Å². The minimum absolute atomic E-state index is 0.117. The van der Waals surface area contributed by atoms with E-state index < -0.39 is 6.04 Å². The molecule has 1 atom stereocenters. The standard InChI is InChI=1S/C31H35ClN2O3/c1-23-10-8-9-15-29(23)37-22-30(35)34(21-25-16-18-26(32)19-17-25)28(20-24-11-4-2-5-12-24)31(36)33-27-13-6-3-7-14-27/h2,4-5,8-12,15-19,27-28H,3,6-7,13-14,20-22H2,1H3,(H,33,36)/t28-/m0/s1. The second-order valence-corrected chi connectivity index (χ2v) is 10.2. The first-order chi connectivity index (χ1) is 18.0. The predicted octanol–water partition coefficient (Wildman–Crippen LogP) is 6.12. The maximum atomic E-state index is 13.8. The Morgan fingerprint density at radius 1 is 0.919 bits per heavy atom. The molecule has 3 aromatic rings. The van der Waals surface area contributed by atoms with Gasteiger partial charge in [-0.15, -0.1) is 0 Å². The number of carbonyl (C=O) groups is 2. The van der Waals surface area contributed by atoms with Gasteiger partial charge in [0.1, 0.15) is 11.8 Å². The van der Waals surface area contributed by atoms with E-state index in [2.05, 4.69) is 5.32 Å². The predicted molar refractivity (Wildman–Crippen MR) is 148 cm³/mol. The highest BCUT2D eigenvalue weighted by atomic mass is 35.5. The molecule has 1 saturated carbocycles. The van der Waals surface area contributed by atoms with Crippen molar-refractivity contribution < 1.29 is 14.3 Å². The second kappa shape index (κ2) is 13.3. The molecule has 0 aliphatic heterocycles. The molecule has 3 aromatic carbocycles. The van der Waals surface area contributed by atoms with E-state index in [-0.39, 0.29) is 31.0 Å². The van der Waals surface area contributed by atoms with E-state index in [1.54, 1.807) is 17.0 Å². The highest BCUT2D eigenvalue weighted by Crippen LogP contribution is 2.21. The highest BCUT2D eigenvalue weighted by molar-refractivity contribution is 6.30. The normalized spacial score (nSPS) is 14.5. The van der Waals surface area contributed by atoms with Crippen molar-refractivity contribution in [3.8, 4) is 5.75 Å². The number of hydrogen-bond acceptors (Lipinski definition) is 3. The summed E-state index contributed by atoms with van der Waals surface area (Å²) < 4.78 is 5.92. The molecule has 37 heavy (non-hydrogen) atoms. The molecule has 0 saturated heterocycles. The van der Waals surface area contributed by atoms with Crippen LogP contribution in [0.25, 0.3) is 0 Å². The Bertz CT molecular complexity index is 1160. The molecule has 1 N–H and O–H groups in total. The maximum Gasteiger partial charge on any atom is 0.261 e. The lowest BCUT2D eigenvalue weighted by Crippen LogP contribution is -2.53. The summed E-state index contributed by atoms with van der Waals surface area (Å²) in [4.78, 5) is 29.1. The number of benzene rings is 3. The van der Waals surface area contributed by atoms with E-state index in [9.17, 15) is 9.59 Å². The van der Waals surface area contributed by atoms with Crippen LogP contribution in [0.5, 0.6) is 5.75 Å². The topological polar surface area (TPSA) is 58.6 Å². The fraction of sp³-hybridized carbons (Fsp3) is 0.355. The molecule has 0 unspecified atom stereocenters. The number of para-hydroxylation sites is 1. The molecule has 4 rings (SSSR count). The Balaban J connectivity index is 1.61. The number of hydrogen-bond donors (Lipinski definition) is 1. The summed E-state index contributed by atoms with van der Waals surface area (Å²) in [5.41, 5.74) is 2.85. The van der Waals surface area contributed by atoms with Crippen LogP contribution < -0.4 is 10.1 Å². The number of halogens is 1. The summed E-state index contributed by atoms with van der Waals surface area (Å²) >= 11 is 6.11. The van der Waals surface area contributed by atoms with Crippen molar-refractivity contribution in [1.82, 2.24) is 10.2 Å². The summed E-state index contributed by atoms with van der Waals surface area (Å²) in [6, 6.07) is 24.3. The molecule has 194 valence electrons. The van der Waals surface area contributed by atoms with Gasteiger partial charge in [0.25, 0.3) is 5.91 Å². The van der Waals surface area contributed by atoms with Gasteiger partial charge in [0.15, 0.2) is 6.61 Å². The van der Waals surface area contributed by atoms with Gasteiger partial charge in [-0.1, -0.05) is 91.5 Å². The van der Waals surface area contributed by atoms with Crippen molar-refractivity contribution in [3.05, 3.63) is 101 Å². The second-order valence-electron chi connectivity index (χ2n) is 9.75.